The fourth-order valence-electron chi connectivity index (χ4n) is 2.95. The zero-order chi connectivity index (χ0) is 21.6. The molecule has 3 N–H and O–H groups in total. The molecular weight excluding hydrogens is 407 g/mol. The number of aryl methyl sites for hydroxylation is 1. The number of rotatable bonds is 9. The summed E-state index contributed by atoms with van der Waals surface area (Å²) in [4.78, 5) is 19.6. The van der Waals surface area contributed by atoms with Gasteiger partial charge in [0.25, 0.3) is 13.6 Å². The van der Waals surface area contributed by atoms with Crippen LogP contribution in [0.25, 0.3) is 11.3 Å². The van der Waals surface area contributed by atoms with Crippen LogP contribution >= 0.6 is 7.82 Å². The number of hydrogen-bond acceptors (Lipinski definition) is 7. The van der Waals surface area contributed by atoms with Crippen LogP contribution in [0.1, 0.15) is 29.7 Å². The number of phosphoric acid groups is 1. The van der Waals surface area contributed by atoms with Crippen LogP contribution < -0.4 is 15.2 Å². The molecule has 0 radical (unpaired) electrons. The molecule has 1 aromatic carbocycles. The standard InChI is InChI=1S/C20H21N4O5P/c21-10-2-1-4-15-6-8-16(9-7-15)12-17-13-19(29-23-17)18-5-3-11-24(20(18)22)14-28-30(25,26)27/h3,5-9,11,13,22H,1-2,4,12,14H2,(H2,25,26,27). The van der Waals surface area contributed by atoms with Gasteiger partial charge in [-0.1, -0.05) is 29.4 Å². The van der Waals surface area contributed by atoms with Crippen LogP contribution in [-0.4, -0.2) is 10.1 Å². The van der Waals surface area contributed by atoms with E-state index in [1.54, 1.807) is 18.2 Å². The molecule has 0 bridgehead atoms. The summed E-state index contributed by atoms with van der Waals surface area (Å²) in [6.45, 7) is -0.460. The Kier molecular flexibility index (Phi) is 6.98. The second-order valence-corrected chi connectivity index (χ2v) is 7.89. The molecule has 2 heterocycles. The van der Waals surface area contributed by atoms with Gasteiger partial charge in [-0.3, -0.25) is 14.8 Å². The highest BCUT2D eigenvalue weighted by molar-refractivity contribution is 7.44. The monoisotopic (exact) mass is 428 g/mol. The molecule has 2 aromatic heterocycles. The Bertz CT molecular complexity index is 1090. The van der Waals surface area contributed by atoms with E-state index in [4.69, 9.17) is 20.4 Å². The largest absolute Gasteiger partial charge is 0.756 e. The third-order valence-corrected chi connectivity index (χ3v) is 4.90. The van der Waals surface area contributed by atoms with E-state index >= 15 is 0 Å². The minimum Gasteiger partial charge on any atom is -0.756 e. The molecule has 3 rings (SSSR count). The summed E-state index contributed by atoms with van der Waals surface area (Å²) in [5.41, 5.74) is 9.56. The molecule has 9 nitrogen and oxygen atoms in total. The Morgan fingerprint density at radius 2 is 2.03 bits per heavy atom. The van der Waals surface area contributed by atoms with Crippen molar-refractivity contribution in [2.24, 2.45) is 0 Å². The molecule has 0 aliphatic carbocycles. The highest BCUT2D eigenvalue weighted by Crippen LogP contribution is 2.30. The zero-order valence-electron chi connectivity index (χ0n) is 16.1. The van der Waals surface area contributed by atoms with E-state index < -0.39 is 14.6 Å². The maximum atomic E-state index is 10.8. The lowest BCUT2D eigenvalue weighted by molar-refractivity contribution is -0.712. The van der Waals surface area contributed by atoms with Gasteiger partial charge >= 0.3 is 0 Å². The second kappa shape index (κ2) is 9.65. The van der Waals surface area contributed by atoms with E-state index in [1.807, 2.05) is 24.3 Å². The fraction of sp³-hybridized carbons (Fsp3) is 0.250. The Morgan fingerprint density at radius 3 is 2.73 bits per heavy atom. The van der Waals surface area contributed by atoms with Gasteiger partial charge in [-0.05, 0) is 36.1 Å². The summed E-state index contributed by atoms with van der Waals surface area (Å²) in [5, 5.41) is 12.7. The summed E-state index contributed by atoms with van der Waals surface area (Å²) in [6.07, 6.45) is 4.35. The minimum absolute atomic E-state index is 0.204. The number of nitrogens with zero attached hydrogens (tertiary/aromatic N) is 3. The van der Waals surface area contributed by atoms with Gasteiger partial charge in [0.05, 0.1) is 18.0 Å². The van der Waals surface area contributed by atoms with Gasteiger partial charge in [0, 0.05) is 18.9 Å². The van der Waals surface area contributed by atoms with Crippen molar-refractivity contribution in [3.05, 3.63) is 65.5 Å². The predicted octanol–water partition coefficient (Wildman–Crippen LogP) is 2.08. The van der Waals surface area contributed by atoms with Crippen LogP contribution in [0.2, 0.25) is 0 Å². The number of phosphoric ester groups is 1. The number of unbranched alkanes of at least 4 members (excludes halogenated alkanes) is 1. The Morgan fingerprint density at radius 1 is 1.30 bits per heavy atom. The molecule has 0 fully saturated rings. The maximum absolute atomic E-state index is 10.8. The molecule has 30 heavy (non-hydrogen) atoms. The normalized spacial score (nSPS) is 13.0. The van der Waals surface area contributed by atoms with Gasteiger partial charge < -0.3 is 14.3 Å². The lowest BCUT2D eigenvalue weighted by atomic mass is 10.0. The van der Waals surface area contributed by atoms with Gasteiger partial charge in [0.2, 0.25) is 0 Å². The van der Waals surface area contributed by atoms with Crippen molar-refractivity contribution < 1.29 is 28.0 Å². The minimum atomic E-state index is -4.86. The van der Waals surface area contributed by atoms with Crippen LogP contribution in [0, 0.1) is 11.3 Å². The first-order valence-electron chi connectivity index (χ1n) is 9.23. The van der Waals surface area contributed by atoms with Crippen molar-refractivity contribution in [1.29, 1.82) is 5.26 Å². The first-order valence-corrected chi connectivity index (χ1v) is 10.7. The molecule has 156 valence electrons. The van der Waals surface area contributed by atoms with Gasteiger partial charge in [-0.25, -0.2) is 4.57 Å². The number of pyridine rings is 1. The van der Waals surface area contributed by atoms with E-state index in [1.165, 1.54) is 16.3 Å². The van der Waals surface area contributed by atoms with Crippen molar-refractivity contribution in [1.82, 2.24) is 5.16 Å². The third kappa shape index (κ3) is 5.99. The number of nitriles is 1. The summed E-state index contributed by atoms with van der Waals surface area (Å²) >= 11 is 0. The van der Waals surface area contributed by atoms with Crippen molar-refractivity contribution in [3.63, 3.8) is 0 Å². The Balaban J connectivity index is 1.69. The lowest BCUT2D eigenvalue weighted by Crippen LogP contribution is -2.38. The van der Waals surface area contributed by atoms with E-state index in [9.17, 15) is 9.46 Å². The van der Waals surface area contributed by atoms with Gasteiger partial charge in [0.1, 0.15) is 5.56 Å². The van der Waals surface area contributed by atoms with Crippen LogP contribution in [0.4, 0.5) is 5.82 Å². The Labute approximate surface area is 173 Å². The lowest BCUT2D eigenvalue weighted by Gasteiger charge is -2.14. The molecule has 3 aromatic rings. The number of hydrogen-bond donors (Lipinski definition) is 2. The fourth-order valence-corrected chi connectivity index (χ4v) is 3.22. The zero-order valence-corrected chi connectivity index (χ0v) is 17.0. The molecule has 0 spiro atoms. The van der Waals surface area contributed by atoms with Crippen LogP contribution in [0.5, 0.6) is 0 Å². The second-order valence-electron chi connectivity index (χ2n) is 6.69. The molecule has 0 saturated carbocycles. The maximum Gasteiger partial charge on any atom is 0.285 e. The van der Waals surface area contributed by atoms with E-state index in [0.717, 1.165) is 18.4 Å². The summed E-state index contributed by atoms with van der Waals surface area (Å²) in [5.74, 6) is 0.634. The Hall–Kier alpha value is -3.02. The number of aromatic nitrogens is 2. The quantitative estimate of drug-likeness (QED) is 0.299. The highest BCUT2D eigenvalue weighted by atomic mass is 31.2. The number of nitrogens with two attached hydrogens (primary N) is 1. The van der Waals surface area contributed by atoms with Crippen molar-refractivity contribution in [2.75, 3.05) is 5.73 Å². The first kappa shape index (κ1) is 21.7. The van der Waals surface area contributed by atoms with Gasteiger partial charge in [0.15, 0.2) is 12.5 Å². The summed E-state index contributed by atoms with van der Waals surface area (Å²) in [6, 6.07) is 15.4. The van der Waals surface area contributed by atoms with E-state index in [0.29, 0.717) is 29.9 Å². The third-order valence-electron chi connectivity index (χ3n) is 4.46. The molecule has 0 saturated heterocycles. The van der Waals surface area contributed by atoms with Crippen LogP contribution in [0.15, 0.2) is 53.2 Å². The van der Waals surface area contributed by atoms with Crippen molar-refractivity contribution >= 4 is 13.6 Å². The van der Waals surface area contributed by atoms with Crippen LogP contribution in [0.3, 0.4) is 0 Å². The van der Waals surface area contributed by atoms with Gasteiger partial charge in [-0.15, -0.1) is 0 Å². The van der Waals surface area contributed by atoms with Crippen LogP contribution in [-0.2, 0) is 28.7 Å². The number of benzene rings is 1. The van der Waals surface area contributed by atoms with E-state index in [-0.39, 0.29) is 5.82 Å². The summed E-state index contributed by atoms with van der Waals surface area (Å²) < 4.78 is 21.9. The molecule has 1 unspecified atom stereocenters. The topological polar surface area (TPSA) is 149 Å². The average molecular weight is 428 g/mol. The first-order chi connectivity index (χ1) is 14.4. The van der Waals surface area contributed by atoms with Gasteiger partial charge in [-0.2, -0.15) is 5.26 Å². The van der Waals surface area contributed by atoms with Crippen molar-refractivity contribution in [3.8, 4) is 17.4 Å². The molecule has 0 amide bonds. The average Bonchev–Trinajstić information content (AvgIpc) is 3.16. The molecule has 0 aliphatic heterocycles. The smallest absolute Gasteiger partial charge is 0.285 e. The highest BCUT2D eigenvalue weighted by Gasteiger charge is 2.18. The summed E-state index contributed by atoms with van der Waals surface area (Å²) in [7, 11) is -4.86. The SMILES string of the molecule is N#CCCCc1ccc(Cc2cc(-c3ccc[n+](COP(=O)([O-])O)c3N)on2)cc1. The number of nitrogen functional groups attached to an aromatic ring is 1. The number of anilines is 1. The molecule has 10 heteroatoms. The molecule has 1 atom stereocenters. The van der Waals surface area contributed by atoms with E-state index in [2.05, 4.69) is 15.7 Å². The molecule has 0 aliphatic rings. The molecular formula is C20H21N4O5P. The predicted molar refractivity (Wildman–Crippen MR) is 105 cm³/mol. The van der Waals surface area contributed by atoms with Crippen molar-refractivity contribution in [2.45, 2.75) is 32.4 Å².